The molecule has 0 spiro atoms. The van der Waals surface area contributed by atoms with E-state index in [1.54, 1.807) is 17.6 Å². The van der Waals surface area contributed by atoms with Crippen LogP contribution in [0.5, 0.6) is 10.9 Å². The van der Waals surface area contributed by atoms with Crippen LogP contribution < -0.4 is 4.74 Å². The maximum Gasteiger partial charge on any atom is 0.278 e. The zero-order chi connectivity index (χ0) is 9.97. The van der Waals surface area contributed by atoms with Gasteiger partial charge in [0.25, 0.3) is 5.19 Å². The van der Waals surface area contributed by atoms with E-state index >= 15 is 0 Å². The molecule has 14 heavy (non-hydrogen) atoms. The van der Waals surface area contributed by atoms with Crippen molar-refractivity contribution in [2.75, 3.05) is 0 Å². The van der Waals surface area contributed by atoms with Crippen molar-refractivity contribution in [2.24, 2.45) is 0 Å². The fourth-order valence-corrected chi connectivity index (χ4v) is 1.57. The molecule has 0 aliphatic heterocycles. The second kappa shape index (κ2) is 3.94. The van der Waals surface area contributed by atoms with Crippen LogP contribution in [-0.2, 0) is 0 Å². The lowest BCUT2D eigenvalue weighted by Crippen LogP contribution is -1.86. The summed E-state index contributed by atoms with van der Waals surface area (Å²) in [5, 5.41) is 2.50. The Hall–Kier alpha value is -1.13. The largest absolute Gasteiger partial charge is 0.428 e. The maximum atomic E-state index is 13.2. The second-order valence-electron chi connectivity index (χ2n) is 2.47. The molecular weight excluding hydrogens is 225 g/mol. The van der Waals surface area contributed by atoms with E-state index in [1.165, 1.54) is 23.5 Å². The van der Waals surface area contributed by atoms with Crippen LogP contribution >= 0.6 is 22.9 Å². The Morgan fingerprint density at radius 1 is 1.43 bits per heavy atom. The molecule has 1 heterocycles. The fourth-order valence-electron chi connectivity index (χ4n) is 0.913. The van der Waals surface area contributed by atoms with E-state index in [-0.39, 0.29) is 5.75 Å². The van der Waals surface area contributed by atoms with E-state index in [0.29, 0.717) is 10.2 Å². The average Bonchev–Trinajstić information content (AvgIpc) is 2.62. The predicted molar refractivity (Wildman–Crippen MR) is 53.6 cm³/mol. The third-order valence-electron chi connectivity index (χ3n) is 1.50. The molecule has 5 heteroatoms. The molecule has 1 aromatic heterocycles. The average molecular weight is 230 g/mol. The van der Waals surface area contributed by atoms with Gasteiger partial charge < -0.3 is 4.74 Å². The van der Waals surface area contributed by atoms with Gasteiger partial charge in [0.1, 0.15) is 0 Å². The van der Waals surface area contributed by atoms with Crippen LogP contribution in [0.15, 0.2) is 29.8 Å². The van der Waals surface area contributed by atoms with Crippen LogP contribution in [0.1, 0.15) is 0 Å². The zero-order valence-electron chi connectivity index (χ0n) is 6.91. The van der Waals surface area contributed by atoms with Gasteiger partial charge in [-0.05, 0) is 18.2 Å². The van der Waals surface area contributed by atoms with Crippen molar-refractivity contribution in [3.05, 3.63) is 40.6 Å². The smallest absolute Gasteiger partial charge is 0.278 e. The van der Waals surface area contributed by atoms with Crippen LogP contribution in [0.4, 0.5) is 4.39 Å². The first kappa shape index (κ1) is 9.43. The van der Waals surface area contributed by atoms with Gasteiger partial charge in [0, 0.05) is 16.6 Å². The third kappa shape index (κ3) is 2.02. The minimum absolute atomic E-state index is 0.129. The van der Waals surface area contributed by atoms with Crippen molar-refractivity contribution < 1.29 is 9.13 Å². The lowest BCUT2D eigenvalue weighted by Gasteiger charge is -2.02. The van der Waals surface area contributed by atoms with Crippen molar-refractivity contribution in [1.29, 1.82) is 0 Å². The summed E-state index contributed by atoms with van der Waals surface area (Å²) in [4.78, 5) is 3.87. The number of hydrogen-bond donors (Lipinski definition) is 0. The van der Waals surface area contributed by atoms with Gasteiger partial charge in [0.15, 0.2) is 11.6 Å². The Labute approximate surface area is 88.9 Å². The first-order chi connectivity index (χ1) is 6.75. The zero-order valence-corrected chi connectivity index (χ0v) is 8.48. The Morgan fingerprint density at radius 3 is 2.93 bits per heavy atom. The summed E-state index contributed by atoms with van der Waals surface area (Å²) in [7, 11) is 0. The standard InChI is InChI=1S/C9H5ClFNOS/c10-6-1-2-8(7(11)5-6)13-9-12-3-4-14-9/h1-5H. The number of rotatable bonds is 2. The summed E-state index contributed by atoms with van der Waals surface area (Å²) in [6.45, 7) is 0. The van der Waals surface area contributed by atoms with Gasteiger partial charge >= 0.3 is 0 Å². The summed E-state index contributed by atoms with van der Waals surface area (Å²) < 4.78 is 18.4. The Bertz CT molecular complexity index is 432. The molecule has 0 saturated heterocycles. The minimum atomic E-state index is -0.493. The van der Waals surface area contributed by atoms with Crippen molar-refractivity contribution in [2.45, 2.75) is 0 Å². The first-order valence-corrected chi connectivity index (χ1v) is 5.04. The van der Waals surface area contributed by atoms with Gasteiger partial charge in [0.05, 0.1) is 0 Å². The second-order valence-corrected chi connectivity index (χ2v) is 3.77. The number of thiazole rings is 1. The summed E-state index contributed by atoms with van der Waals surface area (Å²) in [5.41, 5.74) is 0. The lowest BCUT2D eigenvalue weighted by atomic mass is 10.3. The van der Waals surface area contributed by atoms with E-state index < -0.39 is 5.82 Å². The first-order valence-electron chi connectivity index (χ1n) is 3.78. The lowest BCUT2D eigenvalue weighted by molar-refractivity contribution is 0.439. The number of aromatic nitrogens is 1. The molecule has 0 saturated carbocycles. The highest BCUT2D eigenvalue weighted by Crippen LogP contribution is 2.27. The maximum absolute atomic E-state index is 13.2. The quantitative estimate of drug-likeness (QED) is 0.783. The van der Waals surface area contributed by atoms with Crippen LogP contribution in [0, 0.1) is 5.82 Å². The summed E-state index contributed by atoms with van der Waals surface area (Å²) in [6, 6.07) is 4.23. The molecule has 0 amide bonds. The van der Waals surface area contributed by atoms with Gasteiger partial charge in [-0.25, -0.2) is 9.37 Å². The van der Waals surface area contributed by atoms with Crippen molar-refractivity contribution in [3.8, 4) is 10.9 Å². The van der Waals surface area contributed by atoms with Crippen molar-refractivity contribution in [3.63, 3.8) is 0 Å². The number of ether oxygens (including phenoxy) is 1. The highest BCUT2D eigenvalue weighted by atomic mass is 35.5. The fraction of sp³-hybridized carbons (Fsp3) is 0. The van der Waals surface area contributed by atoms with E-state index in [4.69, 9.17) is 16.3 Å². The molecule has 0 N–H and O–H groups in total. The van der Waals surface area contributed by atoms with Crippen LogP contribution in [0.25, 0.3) is 0 Å². The molecule has 72 valence electrons. The van der Waals surface area contributed by atoms with E-state index in [1.807, 2.05) is 0 Å². The summed E-state index contributed by atoms with van der Waals surface area (Å²) in [6.07, 6.45) is 1.59. The molecule has 2 nitrogen and oxygen atoms in total. The molecule has 0 atom stereocenters. The highest BCUT2D eigenvalue weighted by Gasteiger charge is 2.06. The molecule has 2 aromatic rings. The molecular formula is C9H5ClFNOS. The molecule has 0 fully saturated rings. The van der Waals surface area contributed by atoms with Crippen LogP contribution in [0.3, 0.4) is 0 Å². The molecule has 1 aromatic carbocycles. The van der Waals surface area contributed by atoms with E-state index in [2.05, 4.69) is 4.98 Å². The van der Waals surface area contributed by atoms with Crippen LogP contribution in [0.2, 0.25) is 5.02 Å². The van der Waals surface area contributed by atoms with Gasteiger partial charge in [-0.1, -0.05) is 22.9 Å². The Morgan fingerprint density at radius 2 is 2.29 bits per heavy atom. The number of halogens is 2. The molecule has 0 radical (unpaired) electrons. The number of nitrogens with zero attached hydrogens (tertiary/aromatic N) is 1. The van der Waals surface area contributed by atoms with E-state index in [0.717, 1.165) is 0 Å². The van der Waals surface area contributed by atoms with Crippen molar-refractivity contribution >= 4 is 22.9 Å². The van der Waals surface area contributed by atoms with Crippen molar-refractivity contribution in [1.82, 2.24) is 4.98 Å². The Kier molecular flexibility index (Phi) is 2.65. The topological polar surface area (TPSA) is 22.1 Å². The van der Waals surface area contributed by atoms with Gasteiger partial charge in [0.2, 0.25) is 0 Å². The molecule has 0 bridgehead atoms. The molecule has 0 unspecified atom stereocenters. The molecule has 0 aliphatic rings. The normalized spacial score (nSPS) is 10.1. The summed E-state index contributed by atoms with van der Waals surface area (Å²) in [5.74, 6) is -0.364. The van der Waals surface area contributed by atoms with Crippen LogP contribution in [-0.4, -0.2) is 4.98 Å². The van der Waals surface area contributed by atoms with Gasteiger partial charge in [-0.15, -0.1) is 0 Å². The predicted octanol–water partition coefficient (Wildman–Crippen LogP) is 3.73. The monoisotopic (exact) mass is 229 g/mol. The summed E-state index contributed by atoms with van der Waals surface area (Å²) >= 11 is 6.89. The SMILES string of the molecule is Fc1cc(Cl)ccc1Oc1nccs1. The number of benzene rings is 1. The highest BCUT2D eigenvalue weighted by molar-refractivity contribution is 7.11. The Balaban J connectivity index is 2.25. The molecule has 2 rings (SSSR count). The number of hydrogen-bond acceptors (Lipinski definition) is 3. The van der Waals surface area contributed by atoms with Gasteiger partial charge in [-0.3, -0.25) is 0 Å². The minimum Gasteiger partial charge on any atom is -0.428 e. The third-order valence-corrected chi connectivity index (χ3v) is 2.38. The molecule has 0 aliphatic carbocycles. The van der Waals surface area contributed by atoms with E-state index in [9.17, 15) is 4.39 Å². The van der Waals surface area contributed by atoms with Gasteiger partial charge in [-0.2, -0.15) is 0 Å².